The molecule has 16 heavy (non-hydrogen) atoms. The molecule has 0 aliphatic rings. The average molecular weight is 214 g/mol. The molecule has 2 aromatic rings. The van der Waals surface area contributed by atoms with Crippen LogP contribution in [0.1, 0.15) is 23.7 Å². The Labute approximate surface area is 95.7 Å². The fourth-order valence-electron chi connectivity index (χ4n) is 1.77. The summed E-state index contributed by atoms with van der Waals surface area (Å²) in [6.45, 7) is 0. The number of hydrogen-bond acceptors (Lipinski definition) is 0. The van der Waals surface area contributed by atoms with Crippen LogP contribution in [0.15, 0.2) is 60.7 Å². The lowest BCUT2D eigenvalue weighted by Gasteiger charge is -2.08. The minimum atomic E-state index is -0.860. The Kier molecular flexibility index (Phi) is 3.71. The predicted molar refractivity (Wildman–Crippen MR) is 65.1 cm³/mol. The van der Waals surface area contributed by atoms with E-state index in [1.807, 2.05) is 60.7 Å². The summed E-state index contributed by atoms with van der Waals surface area (Å²) in [4.78, 5) is 0. The first kappa shape index (κ1) is 10.9. The third-order valence-electron chi connectivity index (χ3n) is 2.69. The van der Waals surface area contributed by atoms with Gasteiger partial charge in [0.2, 0.25) is 0 Å². The summed E-state index contributed by atoms with van der Waals surface area (Å²) < 4.78 is 13.8. The average Bonchev–Trinajstić information content (AvgIpc) is 2.38. The lowest BCUT2D eigenvalue weighted by atomic mass is 10.0. The number of halogens is 1. The van der Waals surface area contributed by atoms with E-state index in [2.05, 4.69) is 0 Å². The Hall–Kier alpha value is -1.63. The standard InChI is InChI=1S/C15H15F/c16-15(14-9-5-2-6-10-14)12-11-13-7-3-1-4-8-13/h1-10,15H,11-12H2. The van der Waals surface area contributed by atoms with Crippen LogP contribution in [0.5, 0.6) is 0 Å². The zero-order valence-electron chi connectivity index (χ0n) is 9.14. The maximum absolute atomic E-state index is 13.8. The fourth-order valence-corrected chi connectivity index (χ4v) is 1.77. The van der Waals surface area contributed by atoms with Crippen molar-refractivity contribution < 1.29 is 4.39 Å². The van der Waals surface area contributed by atoms with E-state index in [-0.39, 0.29) is 0 Å². The SMILES string of the molecule is FC(CCc1ccccc1)c1ccccc1. The van der Waals surface area contributed by atoms with Crippen LogP contribution in [0.4, 0.5) is 4.39 Å². The summed E-state index contributed by atoms with van der Waals surface area (Å²) in [5.74, 6) is 0. The molecule has 82 valence electrons. The van der Waals surface area contributed by atoms with Crippen LogP contribution >= 0.6 is 0 Å². The van der Waals surface area contributed by atoms with Gasteiger partial charge in [-0.25, -0.2) is 4.39 Å². The Morgan fingerprint density at radius 2 is 1.38 bits per heavy atom. The second kappa shape index (κ2) is 5.45. The van der Waals surface area contributed by atoms with Gasteiger partial charge < -0.3 is 0 Å². The van der Waals surface area contributed by atoms with Gasteiger partial charge in [0.15, 0.2) is 0 Å². The van der Waals surface area contributed by atoms with Crippen molar-refractivity contribution in [1.82, 2.24) is 0 Å². The number of rotatable bonds is 4. The Bertz CT molecular complexity index is 408. The smallest absolute Gasteiger partial charge is 0.125 e. The van der Waals surface area contributed by atoms with E-state index in [1.165, 1.54) is 5.56 Å². The molecular weight excluding hydrogens is 199 g/mol. The second-order valence-electron chi connectivity index (χ2n) is 3.90. The summed E-state index contributed by atoms with van der Waals surface area (Å²) in [7, 11) is 0. The van der Waals surface area contributed by atoms with E-state index in [1.54, 1.807) is 0 Å². The Morgan fingerprint density at radius 3 is 2.00 bits per heavy atom. The van der Waals surface area contributed by atoms with Crippen molar-refractivity contribution in [3.05, 3.63) is 71.8 Å². The molecule has 0 bridgehead atoms. The van der Waals surface area contributed by atoms with Crippen molar-refractivity contribution in [1.29, 1.82) is 0 Å². The lowest BCUT2D eigenvalue weighted by Crippen LogP contribution is -1.94. The van der Waals surface area contributed by atoms with Gasteiger partial charge in [-0.3, -0.25) is 0 Å². The molecule has 0 fully saturated rings. The van der Waals surface area contributed by atoms with Crippen molar-refractivity contribution >= 4 is 0 Å². The van der Waals surface area contributed by atoms with Gasteiger partial charge in [0, 0.05) is 0 Å². The quantitative estimate of drug-likeness (QED) is 0.710. The Morgan fingerprint density at radius 1 is 0.812 bits per heavy atom. The second-order valence-corrected chi connectivity index (χ2v) is 3.90. The van der Waals surface area contributed by atoms with Crippen molar-refractivity contribution in [2.45, 2.75) is 19.0 Å². The normalized spacial score (nSPS) is 12.3. The molecule has 0 saturated heterocycles. The van der Waals surface area contributed by atoms with E-state index in [9.17, 15) is 4.39 Å². The van der Waals surface area contributed by atoms with Crippen LogP contribution in [0.2, 0.25) is 0 Å². The van der Waals surface area contributed by atoms with Gasteiger partial charge in [-0.1, -0.05) is 60.7 Å². The maximum atomic E-state index is 13.8. The highest BCUT2D eigenvalue weighted by molar-refractivity contribution is 5.19. The highest BCUT2D eigenvalue weighted by atomic mass is 19.1. The van der Waals surface area contributed by atoms with Crippen LogP contribution in [-0.4, -0.2) is 0 Å². The number of hydrogen-bond donors (Lipinski definition) is 0. The molecule has 0 aliphatic carbocycles. The van der Waals surface area contributed by atoms with Gasteiger partial charge in [-0.2, -0.15) is 0 Å². The molecule has 0 spiro atoms. The molecule has 0 aromatic heterocycles. The number of alkyl halides is 1. The summed E-state index contributed by atoms with van der Waals surface area (Å²) in [6, 6.07) is 19.4. The zero-order chi connectivity index (χ0) is 11.2. The molecule has 1 atom stereocenters. The minimum absolute atomic E-state index is 0.550. The van der Waals surface area contributed by atoms with Crippen LogP contribution in [-0.2, 0) is 6.42 Å². The first-order valence-corrected chi connectivity index (χ1v) is 5.59. The monoisotopic (exact) mass is 214 g/mol. The minimum Gasteiger partial charge on any atom is -0.242 e. The van der Waals surface area contributed by atoms with Crippen LogP contribution in [0, 0.1) is 0 Å². The first-order chi connectivity index (χ1) is 7.86. The molecule has 0 amide bonds. The molecule has 0 saturated carbocycles. The summed E-state index contributed by atoms with van der Waals surface area (Å²) >= 11 is 0. The van der Waals surface area contributed by atoms with Crippen molar-refractivity contribution in [3.63, 3.8) is 0 Å². The Balaban J connectivity index is 1.92. The first-order valence-electron chi connectivity index (χ1n) is 5.59. The molecule has 2 aromatic carbocycles. The largest absolute Gasteiger partial charge is 0.242 e. The van der Waals surface area contributed by atoms with E-state index >= 15 is 0 Å². The number of benzene rings is 2. The highest BCUT2D eigenvalue weighted by Crippen LogP contribution is 2.22. The molecule has 1 heteroatoms. The van der Waals surface area contributed by atoms with Gasteiger partial charge in [0.1, 0.15) is 6.17 Å². The molecular formula is C15H15F. The van der Waals surface area contributed by atoms with E-state index in [0.29, 0.717) is 6.42 Å². The molecule has 0 aliphatic heterocycles. The molecule has 0 radical (unpaired) electrons. The van der Waals surface area contributed by atoms with E-state index < -0.39 is 6.17 Å². The maximum Gasteiger partial charge on any atom is 0.125 e. The van der Waals surface area contributed by atoms with Crippen molar-refractivity contribution in [2.24, 2.45) is 0 Å². The summed E-state index contributed by atoms with van der Waals surface area (Å²) in [6.07, 6.45) is 0.478. The highest BCUT2D eigenvalue weighted by Gasteiger charge is 2.08. The molecule has 2 rings (SSSR count). The van der Waals surface area contributed by atoms with Gasteiger partial charge in [0.05, 0.1) is 0 Å². The van der Waals surface area contributed by atoms with Crippen LogP contribution in [0.25, 0.3) is 0 Å². The topological polar surface area (TPSA) is 0 Å². The molecule has 0 heterocycles. The lowest BCUT2D eigenvalue weighted by molar-refractivity contribution is 0.324. The van der Waals surface area contributed by atoms with E-state index in [0.717, 1.165) is 12.0 Å². The van der Waals surface area contributed by atoms with Gasteiger partial charge in [-0.05, 0) is 24.0 Å². The van der Waals surface area contributed by atoms with Crippen LogP contribution < -0.4 is 0 Å². The van der Waals surface area contributed by atoms with Crippen molar-refractivity contribution in [2.75, 3.05) is 0 Å². The van der Waals surface area contributed by atoms with Gasteiger partial charge in [0.25, 0.3) is 0 Å². The predicted octanol–water partition coefficient (Wildman–Crippen LogP) is 4.33. The van der Waals surface area contributed by atoms with Gasteiger partial charge >= 0.3 is 0 Å². The number of aryl methyl sites for hydroxylation is 1. The molecule has 0 N–H and O–H groups in total. The van der Waals surface area contributed by atoms with E-state index in [4.69, 9.17) is 0 Å². The third-order valence-corrected chi connectivity index (χ3v) is 2.69. The summed E-state index contributed by atoms with van der Waals surface area (Å²) in [5, 5.41) is 0. The zero-order valence-corrected chi connectivity index (χ0v) is 9.14. The van der Waals surface area contributed by atoms with Crippen molar-refractivity contribution in [3.8, 4) is 0 Å². The third kappa shape index (κ3) is 2.93. The molecule has 1 unspecified atom stereocenters. The summed E-state index contributed by atoms with van der Waals surface area (Å²) in [5.41, 5.74) is 1.97. The molecule has 0 nitrogen and oxygen atoms in total. The van der Waals surface area contributed by atoms with Crippen LogP contribution in [0.3, 0.4) is 0 Å². The van der Waals surface area contributed by atoms with Gasteiger partial charge in [-0.15, -0.1) is 0 Å². The fraction of sp³-hybridized carbons (Fsp3) is 0.200.